The van der Waals surface area contributed by atoms with Crippen LogP contribution in [0.3, 0.4) is 0 Å². The molecule has 0 aromatic carbocycles. The van der Waals surface area contributed by atoms with E-state index in [1.165, 1.54) is 0 Å². The maximum Gasteiger partial charge on any atom is 0.312 e. The fraction of sp³-hybridized carbons (Fsp3) is 0.333. The lowest BCUT2D eigenvalue weighted by atomic mass is 10.3. The number of ether oxygens (including phenoxy) is 1. The number of nitrogens with zero attached hydrogens (tertiary/aromatic N) is 2. The van der Waals surface area contributed by atoms with Gasteiger partial charge in [-0.2, -0.15) is 0 Å². The van der Waals surface area contributed by atoms with Crippen LogP contribution in [0.15, 0.2) is 24.5 Å². The monoisotopic (exact) mass is 344 g/mol. The van der Waals surface area contributed by atoms with Crippen molar-refractivity contribution in [2.75, 3.05) is 0 Å². The van der Waals surface area contributed by atoms with E-state index in [1.54, 1.807) is 0 Å². The Morgan fingerprint density at radius 2 is 2.35 bits per heavy atom. The molecular formula is C12H13IN2O2. The second-order valence-corrected chi connectivity index (χ2v) is 5.20. The second-order valence-electron chi connectivity index (χ2n) is 4.03. The summed E-state index contributed by atoms with van der Waals surface area (Å²) in [5.74, 6) is -0.238. The first-order chi connectivity index (χ1) is 8.06. The summed E-state index contributed by atoms with van der Waals surface area (Å²) >= 11 is 2.23. The molecule has 2 aromatic rings. The molecule has 0 spiro atoms. The van der Waals surface area contributed by atoms with Crippen molar-refractivity contribution in [2.24, 2.45) is 0 Å². The number of rotatable bonds is 3. The summed E-state index contributed by atoms with van der Waals surface area (Å²) in [5.41, 5.74) is 1.61. The molecule has 0 saturated carbocycles. The van der Waals surface area contributed by atoms with E-state index in [2.05, 4.69) is 27.6 Å². The summed E-state index contributed by atoms with van der Waals surface area (Å²) in [6.07, 6.45) is 3.91. The van der Waals surface area contributed by atoms with Crippen LogP contribution in [0.1, 0.15) is 19.5 Å². The Kier molecular flexibility index (Phi) is 3.66. The van der Waals surface area contributed by atoms with Crippen molar-refractivity contribution in [2.45, 2.75) is 26.4 Å². The third-order valence-corrected chi connectivity index (χ3v) is 3.02. The van der Waals surface area contributed by atoms with Gasteiger partial charge in [-0.1, -0.05) is 0 Å². The Balaban J connectivity index is 2.20. The minimum Gasteiger partial charge on any atom is -0.463 e. The van der Waals surface area contributed by atoms with Crippen LogP contribution in [-0.4, -0.2) is 21.5 Å². The minimum absolute atomic E-state index is 0.0836. The average molecular weight is 344 g/mol. The van der Waals surface area contributed by atoms with Crippen molar-refractivity contribution >= 4 is 34.2 Å². The number of fused-ring (bicyclic) bond motifs is 1. The van der Waals surface area contributed by atoms with Crippen LogP contribution in [0, 0.1) is 3.57 Å². The molecule has 0 bridgehead atoms. The molecule has 2 rings (SSSR count). The van der Waals surface area contributed by atoms with Crippen LogP contribution in [0.5, 0.6) is 0 Å². The predicted octanol–water partition coefficient (Wildman–Crippen LogP) is 2.43. The predicted molar refractivity (Wildman–Crippen MR) is 72.8 cm³/mol. The maximum absolute atomic E-state index is 11.5. The molecule has 90 valence electrons. The van der Waals surface area contributed by atoms with Gasteiger partial charge in [0.15, 0.2) is 5.65 Å². The standard InChI is InChI=1S/C12H13IN2O2/c1-8(2)17-11(16)6-9-7-15-5-3-4-10(13)12(15)14-9/h3-5,7-8H,6H2,1-2H3. The van der Waals surface area contributed by atoms with E-state index in [0.29, 0.717) is 0 Å². The van der Waals surface area contributed by atoms with Gasteiger partial charge in [0.05, 0.1) is 21.8 Å². The average Bonchev–Trinajstić information content (AvgIpc) is 2.60. The molecule has 0 amide bonds. The molecule has 4 nitrogen and oxygen atoms in total. The van der Waals surface area contributed by atoms with Gasteiger partial charge in [-0.05, 0) is 48.6 Å². The maximum atomic E-state index is 11.5. The van der Waals surface area contributed by atoms with Crippen LogP contribution in [0.4, 0.5) is 0 Å². The van der Waals surface area contributed by atoms with Gasteiger partial charge in [0.25, 0.3) is 0 Å². The quantitative estimate of drug-likeness (QED) is 0.635. The highest BCUT2D eigenvalue weighted by Gasteiger charge is 2.11. The molecule has 0 unspecified atom stereocenters. The van der Waals surface area contributed by atoms with Gasteiger partial charge in [-0.15, -0.1) is 0 Å². The minimum atomic E-state index is -0.238. The summed E-state index contributed by atoms with van der Waals surface area (Å²) in [6, 6.07) is 3.94. The smallest absolute Gasteiger partial charge is 0.312 e. The molecule has 5 heteroatoms. The Morgan fingerprint density at radius 3 is 3.00 bits per heavy atom. The van der Waals surface area contributed by atoms with Crippen LogP contribution >= 0.6 is 22.6 Å². The number of carbonyl (C=O) groups is 1. The van der Waals surface area contributed by atoms with Gasteiger partial charge < -0.3 is 9.14 Å². The van der Waals surface area contributed by atoms with Gasteiger partial charge in [0, 0.05) is 12.4 Å². The Labute approximate surface area is 113 Å². The molecule has 0 radical (unpaired) electrons. The van der Waals surface area contributed by atoms with Gasteiger partial charge >= 0.3 is 5.97 Å². The number of esters is 1. The molecule has 0 aliphatic rings. The first kappa shape index (κ1) is 12.3. The van der Waals surface area contributed by atoms with Crippen LogP contribution < -0.4 is 0 Å². The largest absolute Gasteiger partial charge is 0.463 e. The molecular weight excluding hydrogens is 331 g/mol. The van der Waals surface area contributed by atoms with E-state index in [9.17, 15) is 4.79 Å². The Morgan fingerprint density at radius 1 is 1.59 bits per heavy atom. The van der Waals surface area contributed by atoms with Crippen molar-refractivity contribution in [1.82, 2.24) is 9.38 Å². The first-order valence-electron chi connectivity index (χ1n) is 5.38. The first-order valence-corrected chi connectivity index (χ1v) is 6.45. The van der Waals surface area contributed by atoms with E-state index < -0.39 is 0 Å². The number of hydrogen-bond acceptors (Lipinski definition) is 3. The van der Waals surface area contributed by atoms with Crippen LogP contribution in [-0.2, 0) is 16.0 Å². The van der Waals surface area contributed by atoms with Gasteiger partial charge in [0.2, 0.25) is 0 Å². The molecule has 0 aliphatic carbocycles. The summed E-state index contributed by atoms with van der Waals surface area (Å²) < 4.78 is 8.07. The lowest BCUT2D eigenvalue weighted by Crippen LogP contribution is -2.13. The zero-order valence-corrected chi connectivity index (χ0v) is 11.8. The molecule has 0 fully saturated rings. The normalized spacial score (nSPS) is 11.1. The fourth-order valence-corrected chi connectivity index (χ4v) is 2.17. The number of pyridine rings is 1. The zero-order valence-electron chi connectivity index (χ0n) is 9.68. The highest BCUT2D eigenvalue weighted by molar-refractivity contribution is 14.1. The van der Waals surface area contributed by atoms with Gasteiger partial charge in [-0.25, -0.2) is 4.98 Å². The summed E-state index contributed by atoms with van der Waals surface area (Å²) in [6.45, 7) is 3.68. The number of carbonyl (C=O) groups excluding carboxylic acids is 1. The molecule has 0 saturated heterocycles. The second kappa shape index (κ2) is 5.03. The van der Waals surface area contributed by atoms with Crippen molar-refractivity contribution in [3.63, 3.8) is 0 Å². The van der Waals surface area contributed by atoms with E-state index >= 15 is 0 Å². The van der Waals surface area contributed by atoms with Crippen molar-refractivity contribution in [3.05, 3.63) is 33.8 Å². The van der Waals surface area contributed by atoms with E-state index in [-0.39, 0.29) is 18.5 Å². The van der Waals surface area contributed by atoms with Crippen molar-refractivity contribution in [1.29, 1.82) is 0 Å². The summed E-state index contributed by atoms with van der Waals surface area (Å²) in [5, 5.41) is 0. The van der Waals surface area contributed by atoms with Crippen LogP contribution in [0.2, 0.25) is 0 Å². The topological polar surface area (TPSA) is 43.6 Å². The number of imidazole rings is 1. The van der Waals surface area contributed by atoms with Gasteiger partial charge in [0.1, 0.15) is 0 Å². The van der Waals surface area contributed by atoms with Gasteiger partial charge in [-0.3, -0.25) is 4.79 Å². The van der Waals surface area contributed by atoms with Crippen molar-refractivity contribution in [3.8, 4) is 0 Å². The zero-order chi connectivity index (χ0) is 12.4. The lowest BCUT2D eigenvalue weighted by molar-refractivity contribution is -0.146. The summed E-state index contributed by atoms with van der Waals surface area (Å²) in [4.78, 5) is 15.9. The highest BCUT2D eigenvalue weighted by atomic mass is 127. The Bertz CT molecular complexity index is 548. The molecule has 0 atom stereocenters. The molecule has 2 aromatic heterocycles. The van der Waals surface area contributed by atoms with E-state index in [0.717, 1.165) is 14.9 Å². The number of hydrogen-bond donors (Lipinski definition) is 0. The van der Waals surface area contributed by atoms with Crippen molar-refractivity contribution < 1.29 is 9.53 Å². The third-order valence-electron chi connectivity index (χ3n) is 2.18. The molecule has 0 aliphatic heterocycles. The lowest BCUT2D eigenvalue weighted by Gasteiger charge is -2.05. The molecule has 17 heavy (non-hydrogen) atoms. The summed E-state index contributed by atoms with van der Waals surface area (Å²) in [7, 11) is 0. The van der Waals surface area contributed by atoms with E-state index in [4.69, 9.17) is 4.74 Å². The third kappa shape index (κ3) is 2.96. The number of halogens is 1. The highest BCUT2D eigenvalue weighted by Crippen LogP contribution is 2.13. The molecule has 0 N–H and O–H groups in total. The number of aromatic nitrogens is 2. The fourth-order valence-electron chi connectivity index (χ4n) is 1.57. The Hall–Kier alpha value is -1.11. The SMILES string of the molecule is CC(C)OC(=O)Cc1cn2cccc(I)c2n1. The van der Waals surface area contributed by atoms with Crippen LogP contribution in [0.25, 0.3) is 5.65 Å². The van der Waals surface area contributed by atoms with E-state index in [1.807, 2.05) is 42.8 Å². The molecule has 2 heterocycles.